The standard InChI is InChI=1S/C18H25N3/c1-13(2)19-10-17-11-20-21(18(17)16-7-8-16)12-15-6-4-5-14(3)9-15/h4-6,9,11,13,16,19H,7-8,10,12H2,1-3H3. The molecule has 112 valence electrons. The fourth-order valence-electron chi connectivity index (χ4n) is 2.82. The van der Waals surface area contributed by atoms with Crippen LogP contribution in [0.15, 0.2) is 30.5 Å². The molecule has 1 aliphatic carbocycles. The lowest BCUT2D eigenvalue weighted by Gasteiger charge is -2.11. The van der Waals surface area contributed by atoms with Crippen LogP contribution in [-0.2, 0) is 13.1 Å². The number of rotatable bonds is 6. The molecule has 0 bridgehead atoms. The van der Waals surface area contributed by atoms with Gasteiger partial charge in [0.2, 0.25) is 0 Å². The van der Waals surface area contributed by atoms with Gasteiger partial charge >= 0.3 is 0 Å². The molecular formula is C18H25N3. The highest BCUT2D eigenvalue weighted by molar-refractivity contribution is 5.28. The van der Waals surface area contributed by atoms with Crippen molar-refractivity contribution in [2.24, 2.45) is 0 Å². The molecule has 3 rings (SSSR count). The second kappa shape index (κ2) is 6.02. The zero-order valence-electron chi connectivity index (χ0n) is 13.3. The maximum absolute atomic E-state index is 4.66. The summed E-state index contributed by atoms with van der Waals surface area (Å²) < 4.78 is 2.21. The van der Waals surface area contributed by atoms with Crippen LogP contribution < -0.4 is 5.32 Å². The lowest BCUT2D eigenvalue weighted by atomic mass is 10.1. The molecule has 1 aromatic heterocycles. The second-order valence-electron chi connectivity index (χ2n) is 6.51. The number of benzene rings is 1. The molecule has 1 aromatic carbocycles. The number of hydrogen-bond acceptors (Lipinski definition) is 2. The summed E-state index contributed by atoms with van der Waals surface area (Å²) in [4.78, 5) is 0. The Kier molecular flexibility index (Phi) is 4.11. The second-order valence-corrected chi connectivity index (χ2v) is 6.51. The highest BCUT2D eigenvalue weighted by Gasteiger charge is 2.30. The van der Waals surface area contributed by atoms with Crippen molar-refractivity contribution < 1.29 is 0 Å². The van der Waals surface area contributed by atoms with Crippen LogP contribution in [0.3, 0.4) is 0 Å². The van der Waals surface area contributed by atoms with E-state index in [4.69, 9.17) is 0 Å². The van der Waals surface area contributed by atoms with Crippen LogP contribution in [0.2, 0.25) is 0 Å². The molecule has 0 aliphatic heterocycles. The minimum atomic E-state index is 0.511. The number of nitrogens with one attached hydrogen (secondary N) is 1. The molecule has 1 fully saturated rings. The van der Waals surface area contributed by atoms with E-state index in [1.54, 1.807) is 0 Å². The Morgan fingerprint density at radius 3 is 2.81 bits per heavy atom. The van der Waals surface area contributed by atoms with Crippen LogP contribution in [0.1, 0.15) is 55.0 Å². The molecule has 3 heteroatoms. The average molecular weight is 283 g/mol. The van der Waals surface area contributed by atoms with Crippen LogP contribution >= 0.6 is 0 Å². The van der Waals surface area contributed by atoms with E-state index in [1.807, 2.05) is 0 Å². The molecule has 21 heavy (non-hydrogen) atoms. The van der Waals surface area contributed by atoms with E-state index >= 15 is 0 Å². The summed E-state index contributed by atoms with van der Waals surface area (Å²) in [6, 6.07) is 9.23. The lowest BCUT2D eigenvalue weighted by molar-refractivity contribution is 0.582. The minimum absolute atomic E-state index is 0.511. The molecule has 0 saturated heterocycles. The summed E-state index contributed by atoms with van der Waals surface area (Å²) in [5, 5.41) is 8.17. The third-order valence-electron chi connectivity index (χ3n) is 4.04. The van der Waals surface area contributed by atoms with Crippen molar-refractivity contribution in [3.63, 3.8) is 0 Å². The average Bonchev–Trinajstić information content (AvgIpc) is 3.19. The molecule has 2 aromatic rings. The van der Waals surface area contributed by atoms with Gasteiger partial charge in [-0.3, -0.25) is 4.68 Å². The van der Waals surface area contributed by atoms with Gasteiger partial charge in [0.05, 0.1) is 12.7 Å². The van der Waals surface area contributed by atoms with E-state index in [9.17, 15) is 0 Å². The lowest BCUT2D eigenvalue weighted by Crippen LogP contribution is -2.22. The molecule has 1 N–H and O–H groups in total. The zero-order chi connectivity index (χ0) is 14.8. The highest BCUT2D eigenvalue weighted by atomic mass is 15.3. The molecule has 3 nitrogen and oxygen atoms in total. The van der Waals surface area contributed by atoms with Gasteiger partial charge in [-0.1, -0.05) is 43.7 Å². The summed E-state index contributed by atoms with van der Waals surface area (Å²) in [5.74, 6) is 0.723. The molecule has 1 saturated carbocycles. The largest absolute Gasteiger partial charge is 0.310 e. The monoisotopic (exact) mass is 283 g/mol. The molecular weight excluding hydrogens is 258 g/mol. The van der Waals surface area contributed by atoms with Crippen LogP contribution in [0.4, 0.5) is 0 Å². The van der Waals surface area contributed by atoms with Gasteiger partial charge in [-0.15, -0.1) is 0 Å². The third kappa shape index (κ3) is 3.53. The van der Waals surface area contributed by atoms with Crippen molar-refractivity contribution in [2.45, 2.75) is 58.7 Å². The SMILES string of the molecule is Cc1cccc(Cn2ncc(CNC(C)C)c2C2CC2)c1. The van der Waals surface area contributed by atoms with Gasteiger partial charge in [0.1, 0.15) is 0 Å². The van der Waals surface area contributed by atoms with Crippen molar-refractivity contribution in [1.82, 2.24) is 15.1 Å². The Bertz CT molecular complexity index is 609. The van der Waals surface area contributed by atoms with Crippen LogP contribution in [-0.4, -0.2) is 15.8 Å². The van der Waals surface area contributed by atoms with Crippen LogP contribution in [0.5, 0.6) is 0 Å². The van der Waals surface area contributed by atoms with E-state index in [1.165, 1.54) is 35.2 Å². The van der Waals surface area contributed by atoms with Gasteiger partial charge in [-0.2, -0.15) is 5.10 Å². The summed E-state index contributed by atoms with van der Waals surface area (Å²) in [6.07, 6.45) is 4.68. The Morgan fingerprint density at radius 1 is 1.33 bits per heavy atom. The highest BCUT2D eigenvalue weighted by Crippen LogP contribution is 2.41. The van der Waals surface area contributed by atoms with Gasteiger partial charge < -0.3 is 5.32 Å². The first-order chi connectivity index (χ1) is 10.1. The molecule has 0 radical (unpaired) electrons. The number of aryl methyl sites for hydroxylation is 1. The Labute approximate surface area is 127 Å². The van der Waals surface area contributed by atoms with Gasteiger partial charge in [0, 0.05) is 29.8 Å². The van der Waals surface area contributed by atoms with E-state index in [0.717, 1.165) is 19.0 Å². The van der Waals surface area contributed by atoms with Crippen LogP contribution in [0.25, 0.3) is 0 Å². The number of nitrogens with zero attached hydrogens (tertiary/aromatic N) is 2. The quantitative estimate of drug-likeness (QED) is 0.877. The van der Waals surface area contributed by atoms with Gasteiger partial charge in [-0.25, -0.2) is 0 Å². The third-order valence-corrected chi connectivity index (χ3v) is 4.04. The summed E-state index contributed by atoms with van der Waals surface area (Å²) in [6.45, 7) is 8.33. The molecule has 0 unspecified atom stereocenters. The molecule has 0 spiro atoms. The molecule has 1 aliphatic rings. The summed E-state index contributed by atoms with van der Waals surface area (Å²) >= 11 is 0. The van der Waals surface area contributed by atoms with Gasteiger partial charge in [-0.05, 0) is 25.3 Å². The predicted octanol–water partition coefficient (Wildman–Crippen LogP) is 3.62. The van der Waals surface area contributed by atoms with E-state index in [-0.39, 0.29) is 0 Å². The first-order valence-corrected chi connectivity index (χ1v) is 7.97. The molecule has 0 amide bonds. The Balaban J connectivity index is 1.81. The molecule has 0 atom stereocenters. The van der Waals surface area contributed by atoms with Gasteiger partial charge in [0.25, 0.3) is 0 Å². The van der Waals surface area contributed by atoms with E-state index in [0.29, 0.717) is 6.04 Å². The number of hydrogen-bond donors (Lipinski definition) is 1. The van der Waals surface area contributed by atoms with Gasteiger partial charge in [0.15, 0.2) is 0 Å². The molecule has 1 heterocycles. The Morgan fingerprint density at radius 2 is 2.14 bits per heavy atom. The van der Waals surface area contributed by atoms with Crippen molar-refractivity contribution in [3.8, 4) is 0 Å². The van der Waals surface area contributed by atoms with Crippen LogP contribution in [0, 0.1) is 6.92 Å². The fourth-order valence-corrected chi connectivity index (χ4v) is 2.82. The van der Waals surface area contributed by atoms with E-state index in [2.05, 4.69) is 66.3 Å². The first kappa shape index (κ1) is 14.3. The smallest absolute Gasteiger partial charge is 0.0662 e. The number of aromatic nitrogens is 2. The summed E-state index contributed by atoms with van der Waals surface area (Å²) in [7, 11) is 0. The van der Waals surface area contributed by atoms with E-state index < -0.39 is 0 Å². The normalized spacial score (nSPS) is 14.9. The maximum Gasteiger partial charge on any atom is 0.0662 e. The van der Waals surface area contributed by atoms with Crippen molar-refractivity contribution in [1.29, 1.82) is 0 Å². The topological polar surface area (TPSA) is 29.9 Å². The first-order valence-electron chi connectivity index (χ1n) is 7.97. The Hall–Kier alpha value is -1.61. The van der Waals surface area contributed by atoms with Crippen molar-refractivity contribution >= 4 is 0 Å². The fraction of sp³-hybridized carbons (Fsp3) is 0.500. The summed E-state index contributed by atoms with van der Waals surface area (Å²) in [5.41, 5.74) is 5.47. The zero-order valence-corrected chi connectivity index (χ0v) is 13.3. The van der Waals surface area contributed by atoms with Crippen molar-refractivity contribution in [3.05, 3.63) is 52.8 Å². The minimum Gasteiger partial charge on any atom is -0.310 e. The van der Waals surface area contributed by atoms with Crippen molar-refractivity contribution in [2.75, 3.05) is 0 Å². The maximum atomic E-state index is 4.66. The predicted molar refractivity (Wildman–Crippen MR) is 86.5 cm³/mol.